The first kappa shape index (κ1) is 32.7. The molecule has 4 heteroatoms. The van der Waals surface area contributed by atoms with Crippen LogP contribution in [0.1, 0.15) is 57.3 Å². The average Bonchev–Trinajstić information content (AvgIpc) is 3.55. The molecule has 1 N–H and O–H groups in total. The fourth-order valence-corrected chi connectivity index (χ4v) is 9.03. The Bertz CT molecular complexity index is 2060. The van der Waals surface area contributed by atoms with Gasteiger partial charge in [-0.05, 0) is 66.9 Å². The van der Waals surface area contributed by atoms with Crippen LogP contribution in [0.3, 0.4) is 0 Å². The summed E-state index contributed by atoms with van der Waals surface area (Å²) in [6.07, 6.45) is 36.0. The highest BCUT2D eigenvalue weighted by Gasteiger charge is 2.42. The van der Waals surface area contributed by atoms with Crippen LogP contribution in [0, 0.1) is 23.7 Å². The predicted octanol–water partition coefficient (Wildman–Crippen LogP) is 10.7. The van der Waals surface area contributed by atoms with Gasteiger partial charge >= 0.3 is 0 Å². The molecule has 6 aliphatic rings. The molecular weight excluding hydrogens is 633 g/mol. The lowest BCUT2D eigenvalue weighted by atomic mass is 9.84. The Labute approximate surface area is 309 Å². The second kappa shape index (κ2) is 14.1. The minimum absolute atomic E-state index is 0.354. The molecule has 0 saturated carbocycles. The number of aromatic nitrogens is 2. The Morgan fingerprint density at radius 1 is 0.731 bits per heavy atom. The van der Waals surface area contributed by atoms with Gasteiger partial charge in [-0.1, -0.05) is 147 Å². The second-order valence-electron chi connectivity index (χ2n) is 15.4. The fourth-order valence-electron chi connectivity index (χ4n) is 9.03. The summed E-state index contributed by atoms with van der Waals surface area (Å²) >= 11 is 0. The largest absolute Gasteiger partial charge is 0.389 e. The summed E-state index contributed by atoms with van der Waals surface area (Å²) < 4.78 is 0. The van der Waals surface area contributed by atoms with Crippen LogP contribution in [0.25, 0.3) is 33.7 Å². The molecule has 9 rings (SSSR count). The molecule has 0 spiro atoms. The van der Waals surface area contributed by atoms with Crippen LogP contribution in [0.15, 0.2) is 157 Å². The highest BCUT2D eigenvalue weighted by atomic mass is 15.2. The maximum atomic E-state index is 5.38. The molecule has 3 heterocycles. The van der Waals surface area contributed by atoms with Crippen molar-refractivity contribution < 1.29 is 0 Å². The summed E-state index contributed by atoms with van der Waals surface area (Å²) in [5, 5.41) is 3.52. The zero-order valence-electron chi connectivity index (χ0n) is 30.3. The summed E-state index contributed by atoms with van der Waals surface area (Å²) in [6, 6.07) is 22.2. The topological polar surface area (TPSA) is 41.1 Å². The predicted molar refractivity (Wildman–Crippen MR) is 215 cm³/mol. The third-order valence-corrected chi connectivity index (χ3v) is 11.9. The Kier molecular flexibility index (Phi) is 8.84. The maximum Gasteiger partial charge on any atom is 0.160 e. The number of nitrogens with one attached hydrogen (secondary N) is 1. The number of allylic oxidation sites excluding steroid dienone is 13. The van der Waals surface area contributed by atoms with Crippen LogP contribution >= 0.6 is 0 Å². The van der Waals surface area contributed by atoms with Crippen molar-refractivity contribution in [3.63, 3.8) is 0 Å². The molecule has 4 nitrogen and oxygen atoms in total. The highest BCUT2D eigenvalue weighted by Crippen LogP contribution is 2.44. The van der Waals surface area contributed by atoms with Crippen LogP contribution in [0.2, 0.25) is 0 Å². The first-order valence-electron chi connectivity index (χ1n) is 19.4. The third-order valence-electron chi connectivity index (χ3n) is 11.9. The molecule has 0 amide bonds. The van der Waals surface area contributed by atoms with Crippen molar-refractivity contribution in [1.82, 2.24) is 20.2 Å². The Morgan fingerprint density at radius 3 is 2.10 bits per heavy atom. The van der Waals surface area contributed by atoms with E-state index >= 15 is 0 Å². The number of fused-ring (bicyclic) bond motifs is 2. The van der Waals surface area contributed by atoms with Crippen molar-refractivity contribution in [2.75, 3.05) is 6.54 Å². The number of hydrogen-bond donors (Lipinski definition) is 1. The lowest BCUT2D eigenvalue weighted by Gasteiger charge is -2.39. The van der Waals surface area contributed by atoms with Gasteiger partial charge in [-0.25, -0.2) is 9.97 Å². The van der Waals surface area contributed by atoms with Gasteiger partial charge in [0.25, 0.3) is 0 Å². The minimum Gasteiger partial charge on any atom is -0.389 e. The van der Waals surface area contributed by atoms with Gasteiger partial charge in [-0.2, -0.15) is 0 Å². The monoisotopic (exact) mass is 680 g/mol. The van der Waals surface area contributed by atoms with Crippen molar-refractivity contribution in [1.29, 1.82) is 0 Å². The molecule has 0 saturated heterocycles. The van der Waals surface area contributed by atoms with E-state index in [1.54, 1.807) is 5.70 Å². The zero-order chi connectivity index (χ0) is 35.0. The van der Waals surface area contributed by atoms with E-state index < -0.39 is 0 Å². The van der Waals surface area contributed by atoms with Gasteiger partial charge in [0, 0.05) is 46.3 Å². The van der Waals surface area contributed by atoms with E-state index in [9.17, 15) is 0 Å². The maximum absolute atomic E-state index is 5.38. The van der Waals surface area contributed by atoms with Crippen LogP contribution < -0.4 is 5.32 Å². The molecule has 2 aliphatic heterocycles. The zero-order valence-corrected chi connectivity index (χ0v) is 30.3. The minimum atomic E-state index is 0.354. The number of benzene rings is 2. The molecule has 0 radical (unpaired) electrons. The third kappa shape index (κ3) is 6.08. The van der Waals surface area contributed by atoms with Gasteiger partial charge in [-0.15, -0.1) is 0 Å². The smallest absolute Gasteiger partial charge is 0.160 e. The summed E-state index contributed by atoms with van der Waals surface area (Å²) in [4.78, 5) is 13.5. The lowest BCUT2D eigenvalue weighted by molar-refractivity contribution is 0.203. The van der Waals surface area contributed by atoms with Gasteiger partial charge < -0.3 is 10.2 Å². The normalized spacial score (nSPS) is 26.2. The molecule has 0 bridgehead atoms. The second-order valence-corrected chi connectivity index (χ2v) is 15.4. The van der Waals surface area contributed by atoms with Crippen LogP contribution in [-0.4, -0.2) is 33.5 Å². The Morgan fingerprint density at radius 2 is 1.46 bits per heavy atom. The summed E-state index contributed by atoms with van der Waals surface area (Å²) in [6.45, 7) is 5.62. The summed E-state index contributed by atoms with van der Waals surface area (Å²) in [7, 11) is 0. The number of hydrogen-bond acceptors (Lipinski definition) is 4. The van der Waals surface area contributed by atoms with Crippen molar-refractivity contribution >= 4 is 11.1 Å². The van der Waals surface area contributed by atoms with Crippen LogP contribution in [0.4, 0.5) is 0 Å². The number of rotatable bonds is 7. The lowest BCUT2D eigenvalue weighted by Crippen LogP contribution is -2.47. The van der Waals surface area contributed by atoms with Crippen molar-refractivity contribution in [3.05, 3.63) is 168 Å². The highest BCUT2D eigenvalue weighted by molar-refractivity contribution is 5.92. The standard InChI is InChI=1S/C48H48N4/c1-32(2)33-17-21-36(22-18-33)45-46(37-11-5-3-6-12-37)50-48(51-47(45)38-13-7-4-8-14-38)39-23-19-34(20-24-39)35-25-27-40(28-26-35)52-43-16-10-9-15-41(43)42-29-30-49-31-44(42)52/h3-9,11-15,17,19,21-27,29-30,32-34,40,42,44,49H,10,16,18,20,28,31H2,1-2H3. The van der Waals surface area contributed by atoms with E-state index in [-0.39, 0.29) is 0 Å². The molecule has 0 fully saturated rings. The van der Waals surface area contributed by atoms with Crippen LogP contribution in [-0.2, 0) is 0 Å². The Balaban J connectivity index is 1.00. The van der Waals surface area contributed by atoms with Crippen molar-refractivity contribution in [3.8, 4) is 22.5 Å². The first-order chi connectivity index (χ1) is 25.6. The quantitative estimate of drug-likeness (QED) is 0.270. The van der Waals surface area contributed by atoms with E-state index in [4.69, 9.17) is 9.97 Å². The molecule has 4 aliphatic carbocycles. The summed E-state index contributed by atoms with van der Waals surface area (Å²) in [5.41, 5.74) is 12.1. The summed E-state index contributed by atoms with van der Waals surface area (Å²) in [5.74, 6) is 2.80. The molecule has 5 atom stereocenters. The molecule has 1 aromatic heterocycles. The Hall–Kier alpha value is -5.22. The molecule has 5 unspecified atom stereocenters. The molecule has 3 aromatic rings. The fraction of sp³-hybridized carbons (Fsp3) is 0.292. The van der Waals surface area contributed by atoms with E-state index in [0.717, 1.165) is 78.1 Å². The van der Waals surface area contributed by atoms with Gasteiger partial charge in [0.1, 0.15) is 0 Å². The van der Waals surface area contributed by atoms with E-state index in [1.165, 1.54) is 16.7 Å². The molecular formula is C48H48N4. The van der Waals surface area contributed by atoms with Crippen molar-refractivity contribution in [2.45, 2.75) is 58.0 Å². The van der Waals surface area contributed by atoms with Crippen molar-refractivity contribution in [2.24, 2.45) is 23.7 Å². The van der Waals surface area contributed by atoms with Gasteiger partial charge in [0.2, 0.25) is 0 Å². The SMILES string of the molecule is CC(C)C1C=CC(c2c(-c3ccccc3)nc(C3=CCC(C4=CCC(N5C6=C(C=CCC6)C6C=CNCC65)C=C4)C=C3)nc2-c2ccccc2)=CC1. The number of nitrogens with zero attached hydrogens (tertiary/aromatic N) is 3. The first-order valence-corrected chi connectivity index (χ1v) is 19.4. The molecule has 52 heavy (non-hydrogen) atoms. The van der Waals surface area contributed by atoms with Gasteiger partial charge in [0.05, 0.1) is 23.5 Å². The van der Waals surface area contributed by atoms with Crippen LogP contribution in [0.5, 0.6) is 0 Å². The van der Waals surface area contributed by atoms with Gasteiger partial charge in [-0.3, -0.25) is 0 Å². The van der Waals surface area contributed by atoms with Gasteiger partial charge in [0.15, 0.2) is 5.82 Å². The van der Waals surface area contributed by atoms with E-state index in [0.29, 0.717) is 35.8 Å². The molecule has 2 aromatic carbocycles. The van der Waals surface area contributed by atoms with E-state index in [1.807, 2.05) is 0 Å². The van der Waals surface area contributed by atoms with E-state index in [2.05, 4.69) is 164 Å². The average molecular weight is 681 g/mol. The molecule has 260 valence electrons.